The summed E-state index contributed by atoms with van der Waals surface area (Å²) in [5, 5.41) is 12.2. The second kappa shape index (κ2) is 10.3. The number of nitrogens with one attached hydrogen (secondary N) is 1. The van der Waals surface area contributed by atoms with E-state index in [4.69, 9.17) is 14.0 Å². The van der Waals surface area contributed by atoms with Crippen LogP contribution in [0.25, 0.3) is 0 Å². The van der Waals surface area contributed by atoms with Gasteiger partial charge in [-0.1, -0.05) is 45.9 Å². The van der Waals surface area contributed by atoms with E-state index in [9.17, 15) is 14.5 Å². The van der Waals surface area contributed by atoms with E-state index in [0.29, 0.717) is 11.8 Å². The van der Waals surface area contributed by atoms with Crippen molar-refractivity contribution in [3.63, 3.8) is 0 Å². The van der Waals surface area contributed by atoms with Crippen LogP contribution in [0, 0.1) is 5.92 Å². The molecule has 1 aromatic carbocycles. The standard InChI is InChI=1S/C22H36NO6P/c1-7-22(5,21(24)25)23-30(26,14-27-6)29-13-28-20-18(15(2)3)9-8-10-19(20)16(4)17-11-12-17/h8-10,15-17H,7,11-14H2,1-6H3,(H,23,26)(H,24,25)/t16-,22?,30?/m1/s1. The molecule has 1 aliphatic rings. The first-order valence-corrected chi connectivity index (χ1v) is 12.4. The molecule has 0 spiro atoms. The van der Waals surface area contributed by atoms with Crippen LogP contribution >= 0.6 is 7.52 Å². The van der Waals surface area contributed by atoms with Crippen LogP contribution in [0.1, 0.15) is 76.8 Å². The Morgan fingerprint density at radius 3 is 2.43 bits per heavy atom. The van der Waals surface area contributed by atoms with Gasteiger partial charge in [-0.3, -0.25) is 13.9 Å². The van der Waals surface area contributed by atoms with Gasteiger partial charge in [-0.25, -0.2) is 5.09 Å². The summed E-state index contributed by atoms with van der Waals surface area (Å²) in [5.41, 5.74) is 0.808. The Bertz CT molecular complexity index is 779. The first-order chi connectivity index (χ1) is 14.1. The highest BCUT2D eigenvalue weighted by molar-refractivity contribution is 7.56. The molecule has 0 bridgehead atoms. The topological polar surface area (TPSA) is 94.1 Å². The van der Waals surface area contributed by atoms with Crippen molar-refractivity contribution in [3.8, 4) is 5.75 Å². The molecule has 1 aliphatic carbocycles. The van der Waals surface area contributed by atoms with Crippen molar-refractivity contribution in [2.24, 2.45) is 5.92 Å². The fraction of sp³-hybridized carbons (Fsp3) is 0.682. The molecular weight excluding hydrogens is 405 g/mol. The molecule has 0 aromatic heterocycles. The van der Waals surface area contributed by atoms with Crippen LogP contribution < -0.4 is 9.82 Å². The van der Waals surface area contributed by atoms with E-state index in [1.807, 2.05) is 12.1 Å². The Labute approximate surface area is 180 Å². The number of carbonyl (C=O) groups is 1. The summed E-state index contributed by atoms with van der Waals surface area (Å²) >= 11 is 0. The fourth-order valence-electron chi connectivity index (χ4n) is 3.50. The lowest BCUT2D eigenvalue weighted by Crippen LogP contribution is -2.48. The summed E-state index contributed by atoms with van der Waals surface area (Å²) in [6.45, 7) is 9.34. The van der Waals surface area contributed by atoms with E-state index >= 15 is 0 Å². The number of methoxy groups -OCH3 is 1. The van der Waals surface area contributed by atoms with Crippen molar-refractivity contribution in [2.75, 3.05) is 20.3 Å². The lowest BCUT2D eigenvalue weighted by atomic mass is 9.90. The monoisotopic (exact) mass is 441 g/mol. The number of hydrogen-bond acceptors (Lipinski definition) is 5. The lowest BCUT2D eigenvalue weighted by molar-refractivity contribution is -0.143. The molecule has 170 valence electrons. The van der Waals surface area contributed by atoms with Gasteiger partial charge in [0.15, 0.2) is 6.79 Å². The molecule has 1 aromatic rings. The number of para-hydroxylation sites is 1. The first-order valence-electron chi connectivity index (χ1n) is 10.6. The van der Waals surface area contributed by atoms with Crippen LogP contribution in [0.2, 0.25) is 0 Å². The lowest BCUT2D eigenvalue weighted by Gasteiger charge is -2.30. The van der Waals surface area contributed by atoms with Crippen LogP contribution in [0.3, 0.4) is 0 Å². The summed E-state index contributed by atoms with van der Waals surface area (Å²) in [4.78, 5) is 11.6. The second-order valence-electron chi connectivity index (χ2n) is 8.63. The number of carboxylic acids is 1. The fourth-order valence-corrected chi connectivity index (χ4v) is 5.27. The maximum absolute atomic E-state index is 13.2. The highest BCUT2D eigenvalue weighted by Crippen LogP contribution is 2.48. The zero-order valence-corrected chi connectivity index (χ0v) is 19.8. The third-order valence-corrected chi connectivity index (χ3v) is 7.83. The number of rotatable bonds is 13. The smallest absolute Gasteiger partial charge is 0.324 e. The summed E-state index contributed by atoms with van der Waals surface area (Å²) in [6.07, 6.45) is 2.43. The normalized spacial score (nSPS) is 19.2. The Balaban J connectivity index is 2.20. The SMILES string of the molecule is CCC(C)(NP(=O)(COC)OCOc1c(C(C)C)cccc1[C@H](C)C1CC1)C(=O)O. The summed E-state index contributed by atoms with van der Waals surface area (Å²) in [6, 6.07) is 6.17. The largest absolute Gasteiger partial charge is 0.480 e. The molecule has 30 heavy (non-hydrogen) atoms. The van der Waals surface area contributed by atoms with Crippen molar-refractivity contribution in [3.05, 3.63) is 29.3 Å². The van der Waals surface area contributed by atoms with Gasteiger partial charge in [0.2, 0.25) is 0 Å². The van der Waals surface area contributed by atoms with E-state index in [1.165, 1.54) is 26.9 Å². The minimum atomic E-state index is -3.61. The molecule has 2 N–H and O–H groups in total. The second-order valence-corrected chi connectivity index (χ2v) is 10.7. The molecule has 2 unspecified atom stereocenters. The van der Waals surface area contributed by atoms with Gasteiger partial charge < -0.3 is 14.6 Å². The van der Waals surface area contributed by atoms with E-state index in [-0.39, 0.29) is 25.5 Å². The van der Waals surface area contributed by atoms with Crippen molar-refractivity contribution in [2.45, 2.75) is 71.3 Å². The van der Waals surface area contributed by atoms with Gasteiger partial charge in [0.05, 0.1) is 0 Å². The van der Waals surface area contributed by atoms with Gasteiger partial charge in [-0.05, 0) is 55.1 Å². The predicted molar refractivity (Wildman–Crippen MR) is 117 cm³/mol. The molecule has 3 atom stereocenters. The molecule has 0 saturated heterocycles. The van der Waals surface area contributed by atoms with Gasteiger partial charge >= 0.3 is 5.97 Å². The van der Waals surface area contributed by atoms with Gasteiger partial charge in [0.1, 0.15) is 17.6 Å². The van der Waals surface area contributed by atoms with E-state index in [0.717, 1.165) is 16.9 Å². The van der Waals surface area contributed by atoms with Gasteiger partial charge in [0.25, 0.3) is 7.52 Å². The number of hydrogen-bond donors (Lipinski definition) is 2. The van der Waals surface area contributed by atoms with Crippen molar-refractivity contribution in [1.82, 2.24) is 5.09 Å². The van der Waals surface area contributed by atoms with Crippen LogP contribution in [0.15, 0.2) is 18.2 Å². The first kappa shape index (κ1) is 24.9. The zero-order chi connectivity index (χ0) is 22.5. The molecule has 7 nitrogen and oxygen atoms in total. The molecule has 8 heteroatoms. The number of aliphatic carboxylic acids is 1. The minimum Gasteiger partial charge on any atom is -0.480 e. The van der Waals surface area contributed by atoms with Crippen LogP contribution in [0.5, 0.6) is 5.75 Å². The minimum absolute atomic E-state index is 0.236. The summed E-state index contributed by atoms with van der Waals surface area (Å²) in [7, 11) is -2.22. The van der Waals surface area contributed by atoms with E-state index in [1.54, 1.807) is 6.92 Å². The average molecular weight is 442 g/mol. The maximum atomic E-state index is 13.2. The molecule has 0 amide bonds. The molecular formula is C22H36NO6P. The predicted octanol–water partition coefficient (Wildman–Crippen LogP) is 5.32. The number of benzene rings is 1. The van der Waals surface area contributed by atoms with Crippen molar-refractivity contribution in [1.29, 1.82) is 0 Å². The summed E-state index contributed by atoms with van der Waals surface area (Å²) < 4.78 is 29.9. The molecule has 1 fully saturated rings. The highest BCUT2D eigenvalue weighted by atomic mass is 31.2. The van der Waals surface area contributed by atoms with Crippen molar-refractivity contribution >= 4 is 13.5 Å². The Hall–Kier alpha value is -1.40. The number of ether oxygens (including phenoxy) is 2. The summed E-state index contributed by atoms with van der Waals surface area (Å²) in [5.74, 6) is 0.963. The van der Waals surface area contributed by atoms with Crippen LogP contribution in [0.4, 0.5) is 0 Å². The molecule has 0 heterocycles. The average Bonchev–Trinajstić information content (AvgIpc) is 3.52. The van der Waals surface area contributed by atoms with Gasteiger partial charge in [-0.2, -0.15) is 0 Å². The Morgan fingerprint density at radius 1 is 1.30 bits per heavy atom. The molecule has 0 radical (unpaired) electrons. The van der Waals surface area contributed by atoms with E-state index < -0.39 is 19.0 Å². The third kappa shape index (κ3) is 6.07. The van der Waals surface area contributed by atoms with Crippen LogP contribution in [-0.4, -0.2) is 36.9 Å². The molecule has 2 rings (SSSR count). The van der Waals surface area contributed by atoms with Gasteiger partial charge in [-0.15, -0.1) is 0 Å². The molecule has 0 aliphatic heterocycles. The number of carboxylic acid groups (broad SMARTS) is 1. The zero-order valence-electron chi connectivity index (χ0n) is 18.9. The molecule has 1 saturated carbocycles. The van der Waals surface area contributed by atoms with Crippen LogP contribution in [-0.2, 0) is 18.6 Å². The third-order valence-electron chi connectivity index (χ3n) is 5.88. The highest BCUT2D eigenvalue weighted by Gasteiger charge is 2.39. The van der Waals surface area contributed by atoms with E-state index in [2.05, 4.69) is 31.9 Å². The Kier molecular flexibility index (Phi) is 8.51. The Morgan fingerprint density at radius 2 is 1.93 bits per heavy atom. The van der Waals surface area contributed by atoms with Crippen molar-refractivity contribution < 1.29 is 28.5 Å². The quantitative estimate of drug-likeness (QED) is 0.316. The maximum Gasteiger partial charge on any atom is 0.324 e. The van der Waals surface area contributed by atoms with Gasteiger partial charge in [0, 0.05) is 7.11 Å².